The Bertz CT molecular complexity index is 788. The molecule has 3 atom stereocenters. The number of benzene rings is 2. The number of esters is 1. The zero-order chi connectivity index (χ0) is 19.9. The average molecular weight is 381 g/mol. The van der Waals surface area contributed by atoms with Gasteiger partial charge in [-0.1, -0.05) is 44.9 Å². The molecular formula is C23H27NO4. The minimum absolute atomic E-state index is 0.157. The quantitative estimate of drug-likeness (QED) is 0.744. The van der Waals surface area contributed by atoms with Crippen molar-refractivity contribution >= 4 is 11.9 Å². The van der Waals surface area contributed by atoms with Crippen LogP contribution in [0.2, 0.25) is 0 Å². The smallest absolute Gasteiger partial charge is 0.338 e. The number of rotatable bonds is 6. The molecule has 1 saturated carbocycles. The summed E-state index contributed by atoms with van der Waals surface area (Å²) in [6, 6.07) is 16.2. The van der Waals surface area contributed by atoms with Gasteiger partial charge in [0.1, 0.15) is 11.5 Å². The fraction of sp³-hybridized carbons (Fsp3) is 0.391. The highest BCUT2D eigenvalue weighted by atomic mass is 16.5. The lowest BCUT2D eigenvalue weighted by molar-refractivity contribution is -0.125. The lowest BCUT2D eigenvalue weighted by Crippen LogP contribution is -2.45. The van der Waals surface area contributed by atoms with Crippen LogP contribution in [0.15, 0.2) is 54.6 Å². The minimum atomic E-state index is -0.522. The van der Waals surface area contributed by atoms with Crippen LogP contribution in [0.1, 0.15) is 43.5 Å². The van der Waals surface area contributed by atoms with Crippen molar-refractivity contribution in [2.24, 2.45) is 11.8 Å². The summed E-state index contributed by atoms with van der Waals surface area (Å²) in [6.45, 7) is 4.12. The number of amides is 1. The van der Waals surface area contributed by atoms with Crippen LogP contribution in [-0.4, -0.2) is 24.5 Å². The van der Waals surface area contributed by atoms with Crippen LogP contribution < -0.4 is 10.1 Å². The molecule has 0 heterocycles. The number of carbonyl (C=O) groups is 2. The molecule has 0 saturated heterocycles. The van der Waals surface area contributed by atoms with E-state index in [0.29, 0.717) is 23.1 Å². The third kappa shape index (κ3) is 5.35. The van der Waals surface area contributed by atoms with Gasteiger partial charge >= 0.3 is 5.97 Å². The Morgan fingerprint density at radius 2 is 1.64 bits per heavy atom. The molecule has 1 N–H and O–H groups in total. The zero-order valence-corrected chi connectivity index (χ0v) is 16.4. The molecule has 28 heavy (non-hydrogen) atoms. The standard InChI is InChI=1S/C23H27NO4/c1-16-7-6-10-21(17(16)2)24-22(25)15-27-23(26)18-11-13-20(14-12-18)28-19-8-4-3-5-9-19/h3-5,8-9,11-14,16-17,21H,6-7,10,15H2,1-2H3,(H,24,25)/t16-,17+,21-/m0/s1. The van der Waals surface area contributed by atoms with Crippen molar-refractivity contribution in [3.8, 4) is 11.5 Å². The first kappa shape index (κ1) is 19.9. The van der Waals surface area contributed by atoms with E-state index < -0.39 is 5.97 Å². The first-order chi connectivity index (χ1) is 13.5. The molecule has 1 amide bonds. The SMILES string of the molecule is C[C@H]1[C@@H](NC(=O)COC(=O)c2ccc(Oc3ccccc3)cc2)CCC[C@@H]1C. The molecule has 5 nitrogen and oxygen atoms in total. The van der Waals surface area contributed by atoms with E-state index in [0.717, 1.165) is 18.6 Å². The second-order valence-electron chi connectivity index (χ2n) is 7.46. The molecule has 5 heteroatoms. The normalized spacial score (nSPS) is 21.6. The third-order valence-corrected chi connectivity index (χ3v) is 5.46. The van der Waals surface area contributed by atoms with E-state index in [2.05, 4.69) is 19.2 Å². The maximum Gasteiger partial charge on any atom is 0.338 e. The Balaban J connectivity index is 1.47. The van der Waals surface area contributed by atoms with Crippen LogP contribution >= 0.6 is 0 Å². The summed E-state index contributed by atoms with van der Waals surface area (Å²) in [5.74, 6) is 1.61. The summed E-state index contributed by atoms with van der Waals surface area (Å²) in [5, 5.41) is 3.01. The van der Waals surface area contributed by atoms with Gasteiger partial charge in [-0.15, -0.1) is 0 Å². The zero-order valence-electron chi connectivity index (χ0n) is 16.4. The number of hydrogen-bond acceptors (Lipinski definition) is 4. The van der Waals surface area contributed by atoms with Gasteiger partial charge in [-0.25, -0.2) is 4.79 Å². The topological polar surface area (TPSA) is 64.6 Å². The van der Waals surface area contributed by atoms with Crippen LogP contribution in [0.3, 0.4) is 0 Å². The Labute approximate surface area is 166 Å². The van der Waals surface area contributed by atoms with Crippen molar-refractivity contribution in [1.82, 2.24) is 5.32 Å². The summed E-state index contributed by atoms with van der Waals surface area (Å²) in [7, 11) is 0. The van der Waals surface area contributed by atoms with Gasteiger partial charge in [-0.2, -0.15) is 0 Å². The van der Waals surface area contributed by atoms with Gasteiger partial charge in [0.05, 0.1) is 5.56 Å². The molecule has 2 aromatic rings. The predicted octanol–water partition coefficient (Wildman–Crippen LogP) is 4.58. The van der Waals surface area contributed by atoms with Crippen molar-refractivity contribution in [1.29, 1.82) is 0 Å². The van der Waals surface area contributed by atoms with Crippen molar-refractivity contribution in [3.63, 3.8) is 0 Å². The number of carbonyl (C=O) groups excluding carboxylic acids is 2. The number of ether oxygens (including phenoxy) is 2. The Morgan fingerprint density at radius 1 is 0.964 bits per heavy atom. The molecule has 1 fully saturated rings. The first-order valence-corrected chi connectivity index (χ1v) is 9.82. The lowest BCUT2D eigenvalue weighted by Gasteiger charge is -2.34. The van der Waals surface area contributed by atoms with Crippen LogP contribution in [0.4, 0.5) is 0 Å². The number of nitrogens with one attached hydrogen (secondary N) is 1. The third-order valence-electron chi connectivity index (χ3n) is 5.46. The molecule has 3 rings (SSSR count). The molecule has 0 bridgehead atoms. The monoisotopic (exact) mass is 381 g/mol. The maximum absolute atomic E-state index is 12.2. The van der Waals surface area contributed by atoms with E-state index >= 15 is 0 Å². The lowest BCUT2D eigenvalue weighted by atomic mass is 9.78. The highest BCUT2D eigenvalue weighted by Gasteiger charge is 2.28. The fourth-order valence-electron chi connectivity index (χ4n) is 3.53. The highest BCUT2D eigenvalue weighted by Crippen LogP contribution is 2.29. The van der Waals surface area contributed by atoms with Gasteiger partial charge in [0, 0.05) is 6.04 Å². The fourth-order valence-corrected chi connectivity index (χ4v) is 3.53. The van der Waals surface area contributed by atoms with Crippen LogP contribution in [-0.2, 0) is 9.53 Å². The van der Waals surface area contributed by atoms with Crippen molar-refractivity contribution < 1.29 is 19.1 Å². The van der Waals surface area contributed by atoms with Gasteiger partial charge in [-0.3, -0.25) is 4.79 Å². The van der Waals surface area contributed by atoms with Crippen molar-refractivity contribution in [2.75, 3.05) is 6.61 Å². The van der Waals surface area contributed by atoms with Gasteiger partial charge in [-0.05, 0) is 54.7 Å². The van der Waals surface area contributed by atoms with Gasteiger partial charge in [0.25, 0.3) is 5.91 Å². The molecule has 0 unspecified atom stereocenters. The predicted molar refractivity (Wildman–Crippen MR) is 107 cm³/mol. The molecule has 0 radical (unpaired) electrons. The minimum Gasteiger partial charge on any atom is -0.457 e. The summed E-state index contributed by atoms with van der Waals surface area (Å²) < 4.78 is 10.9. The van der Waals surface area contributed by atoms with E-state index in [1.165, 1.54) is 6.42 Å². The van der Waals surface area contributed by atoms with Crippen LogP contribution in [0, 0.1) is 11.8 Å². The van der Waals surface area contributed by atoms with E-state index in [1.54, 1.807) is 24.3 Å². The van der Waals surface area contributed by atoms with Gasteiger partial charge in [0.15, 0.2) is 6.61 Å². The molecule has 0 aliphatic heterocycles. The average Bonchev–Trinajstić information content (AvgIpc) is 2.71. The molecule has 1 aliphatic carbocycles. The van der Waals surface area contributed by atoms with Crippen molar-refractivity contribution in [2.45, 2.75) is 39.2 Å². The second-order valence-corrected chi connectivity index (χ2v) is 7.46. The van der Waals surface area contributed by atoms with E-state index in [-0.39, 0.29) is 18.6 Å². The summed E-state index contributed by atoms with van der Waals surface area (Å²) >= 11 is 0. The van der Waals surface area contributed by atoms with E-state index in [9.17, 15) is 9.59 Å². The Kier molecular flexibility index (Phi) is 6.69. The van der Waals surface area contributed by atoms with Crippen LogP contribution in [0.25, 0.3) is 0 Å². The van der Waals surface area contributed by atoms with E-state index in [1.807, 2.05) is 30.3 Å². The number of para-hydroxylation sites is 1. The molecule has 0 aromatic heterocycles. The summed E-state index contributed by atoms with van der Waals surface area (Å²) in [5.41, 5.74) is 0.382. The van der Waals surface area contributed by atoms with E-state index in [4.69, 9.17) is 9.47 Å². The first-order valence-electron chi connectivity index (χ1n) is 9.82. The molecule has 1 aliphatic rings. The van der Waals surface area contributed by atoms with Gasteiger partial charge < -0.3 is 14.8 Å². The Hall–Kier alpha value is -2.82. The van der Waals surface area contributed by atoms with Crippen LogP contribution in [0.5, 0.6) is 11.5 Å². The summed E-state index contributed by atoms with van der Waals surface area (Å²) in [6.07, 6.45) is 3.30. The van der Waals surface area contributed by atoms with Gasteiger partial charge in [0.2, 0.25) is 0 Å². The summed E-state index contributed by atoms with van der Waals surface area (Å²) in [4.78, 5) is 24.3. The molecular weight excluding hydrogens is 354 g/mol. The largest absolute Gasteiger partial charge is 0.457 e. The molecule has 0 spiro atoms. The van der Waals surface area contributed by atoms with Crippen molar-refractivity contribution in [3.05, 3.63) is 60.2 Å². The Morgan fingerprint density at radius 3 is 2.36 bits per heavy atom. The molecule has 148 valence electrons. The maximum atomic E-state index is 12.2. The molecule has 2 aromatic carbocycles. The highest BCUT2D eigenvalue weighted by molar-refractivity contribution is 5.91. The number of hydrogen-bond donors (Lipinski definition) is 1. The second kappa shape index (κ2) is 9.40.